The molecule has 2 fully saturated rings. The molecule has 2 bridgehead atoms. The van der Waals surface area contributed by atoms with E-state index >= 15 is 0 Å². The number of nitrogens with zero attached hydrogens (tertiary/aromatic N) is 2. The van der Waals surface area contributed by atoms with Crippen LogP contribution in [-0.2, 0) is 11.8 Å². The molecule has 4 nitrogen and oxygen atoms in total. The first-order chi connectivity index (χ1) is 8.37. The lowest BCUT2D eigenvalue weighted by Gasteiger charge is -2.30. The molecule has 0 radical (unpaired) electrons. The summed E-state index contributed by atoms with van der Waals surface area (Å²) >= 11 is 0. The topological polar surface area (TPSA) is 59.2 Å². The van der Waals surface area contributed by atoms with Crippen molar-refractivity contribution >= 4 is 0 Å². The Morgan fingerprint density at radius 3 is 2.67 bits per heavy atom. The highest BCUT2D eigenvalue weighted by Crippen LogP contribution is 2.51. The molecule has 4 heteroatoms. The van der Waals surface area contributed by atoms with Crippen molar-refractivity contribution in [2.24, 2.45) is 11.8 Å². The molecule has 2 aliphatic carbocycles. The molecule has 1 aromatic heterocycles. The highest BCUT2D eigenvalue weighted by molar-refractivity contribution is 5.07. The molecule has 0 saturated heterocycles. The molecule has 2 saturated carbocycles. The van der Waals surface area contributed by atoms with Crippen molar-refractivity contribution in [1.82, 2.24) is 10.1 Å². The second-order valence-electron chi connectivity index (χ2n) is 7.12. The van der Waals surface area contributed by atoms with Crippen molar-refractivity contribution in [3.63, 3.8) is 0 Å². The Bertz CT molecular complexity index is 449. The number of fused-ring (bicyclic) bond motifs is 2. The van der Waals surface area contributed by atoms with Gasteiger partial charge in [0.15, 0.2) is 5.82 Å². The summed E-state index contributed by atoms with van der Waals surface area (Å²) in [5.41, 5.74) is -0.691. The Balaban J connectivity index is 1.75. The number of hydrogen-bond acceptors (Lipinski definition) is 4. The maximum Gasteiger partial charge on any atom is 0.229 e. The molecule has 3 atom stereocenters. The Kier molecular flexibility index (Phi) is 2.56. The molecular weight excluding hydrogens is 228 g/mol. The minimum absolute atomic E-state index is 0.0982. The third-order valence-corrected chi connectivity index (χ3v) is 4.54. The van der Waals surface area contributed by atoms with Crippen molar-refractivity contribution in [2.45, 2.75) is 63.9 Å². The lowest BCUT2D eigenvalue weighted by Crippen LogP contribution is -2.37. The molecule has 1 N–H and O–H groups in total. The maximum absolute atomic E-state index is 10.7. The van der Waals surface area contributed by atoms with Gasteiger partial charge in [0.2, 0.25) is 5.89 Å². The molecular formula is C14H22N2O2. The Morgan fingerprint density at radius 2 is 2.17 bits per heavy atom. The maximum atomic E-state index is 10.7. The van der Waals surface area contributed by atoms with Crippen LogP contribution in [0.15, 0.2) is 4.52 Å². The summed E-state index contributed by atoms with van der Waals surface area (Å²) in [5, 5.41) is 14.7. The van der Waals surface area contributed by atoms with E-state index in [1.807, 2.05) is 0 Å². The van der Waals surface area contributed by atoms with Crippen LogP contribution in [0.25, 0.3) is 0 Å². The molecule has 0 spiro atoms. The molecule has 2 aliphatic rings. The zero-order chi connectivity index (χ0) is 13.0. The molecule has 100 valence electrons. The van der Waals surface area contributed by atoms with Crippen LogP contribution in [0.3, 0.4) is 0 Å². The van der Waals surface area contributed by atoms with Crippen LogP contribution in [0.5, 0.6) is 0 Å². The van der Waals surface area contributed by atoms with Gasteiger partial charge in [-0.15, -0.1) is 0 Å². The van der Waals surface area contributed by atoms with Gasteiger partial charge in [-0.1, -0.05) is 25.9 Å². The molecule has 18 heavy (non-hydrogen) atoms. The predicted molar refractivity (Wildman–Crippen MR) is 67.1 cm³/mol. The van der Waals surface area contributed by atoms with E-state index in [9.17, 15) is 5.11 Å². The van der Waals surface area contributed by atoms with Crippen LogP contribution in [-0.4, -0.2) is 20.8 Å². The second-order valence-corrected chi connectivity index (χ2v) is 7.12. The monoisotopic (exact) mass is 250 g/mol. The Hall–Kier alpha value is -0.900. The summed E-state index contributed by atoms with van der Waals surface area (Å²) < 4.78 is 5.30. The summed E-state index contributed by atoms with van der Waals surface area (Å²) in [5.74, 6) is 2.47. The van der Waals surface area contributed by atoms with Gasteiger partial charge in [0.25, 0.3) is 0 Å². The fourth-order valence-electron chi connectivity index (χ4n) is 3.52. The van der Waals surface area contributed by atoms with Gasteiger partial charge in [-0.3, -0.25) is 0 Å². The van der Waals surface area contributed by atoms with Crippen LogP contribution >= 0.6 is 0 Å². The van der Waals surface area contributed by atoms with Gasteiger partial charge in [-0.25, -0.2) is 0 Å². The largest absolute Gasteiger partial charge is 0.389 e. The Labute approximate surface area is 108 Å². The van der Waals surface area contributed by atoms with E-state index in [0.717, 1.165) is 18.7 Å². The molecule has 1 heterocycles. The third kappa shape index (κ3) is 1.96. The van der Waals surface area contributed by atoms with E-state index in [2.05, 4.69) is 30.9 Å². The van der Waals surface area contributed by atoms with E-state index < -0.39 is 5.60 Å². The lowest BCUT2D eigenvalue weighted by atomic mass is 9.82. The second kappa shape index (κ2) is 3.80. The number of aliphatic hydroxyl groups is 1. The van der Waals surface area contributed by atoms with Crippen molar-refractivity contribution in [3.8, 4) is 0 Å². The molecule has 0 aliphatic heterocycles. The van der Waals surface area contributed by atoms with E-state index in [-0.39, 0.29) is 5.41 Å². The smallest absolute Gasteiger partial charge is 0.229 e. The highest BCUT2D eigenvalue weighted by Gasteiger charge is 2.50. The summed E-state index contributed by atoms with van der Waals surface area (Å²) in [6.45, 7) is 6.19. The predicted octanol–water partition coefficient (Wildman–Crippen LogP) is 2.46. The average molecular weight is 250 g/mol. The van der Waals surface area contributed by atoms with Gasteiger partial charge in [0.1, 0.15) is 0 Å². The zero-order valence-electron chi connectivity index (χ0n) is 11.4. The molecule has 0 unspecified atom stereocenters. The Morgan fingerprint density at radius 1 is 1.39 bits per heavy atom. The lowest BCUT2D eigenvalue weighted by molar-refractivity contribution is -0.0184. The number of hydrogen-bond donors (Lipinski definition) is 1. The summed E-state index contributed by atoms with van der Waals surface area (Å²) in [6.07, 6.45) is 5.05. The first-order valence-electron chi connectivity index (χ1n) is 6.92. The van der Waals surface area contributed by atoms with Gasteiger partial charge in [-0.2, -0.15) is 4.98 Å². The van der Waals surface area contributed by atoms with Crippen LogP contribution in [0.4, 0.5) is 0 Å². The van der Waals surface area contributed by atoms with Crippen LogP contribution in [0.1, 0.15) is 58.2 Å². The van der Waals surface area contributed by atoms with Gasteiger partial charge in [-0.05, 0) is 37.5 Å². The highest BCUT2D eigenvalue weighted by atomic mass is 16.5. The summed E-state index contributed by atoms with van der Waals surface area (Å²) in [7, 11) is 0. The minimum atomic E-state index is -0.593. The van der Waals surface area contributed by atoms with Gasteiger partial charge in [0, 0.05) is 5.41 Å². The van der Waals surface area contributed by atoms with Crippen LogP contribution in [0.2, 0.25) is 0 Å². The quantitative estimate of drug-likeness (QED) is 0.876. The third-order valence-electron chi connectivity index (χ3n) is 4.54. The first-order valence-corrected chi connectivity index (χ1v) is 6.92. The van der Waals surface area contributed by atoms with Gasteiger partial charge >= 0.3 is 0 Å². The molecule has 0 aromatic carbocycles. The fraction of sp³-hybridized carbons (Fsp3) is 0.857. The van der Waals surface area contributed by atoms with Gasteiger partial charge < -0.3 is 9.63 Å². The normalized spacial score (nSPS) is 35.3. The first kappa shape index (κ1) is 12.2. The average Bonchev–Trinajstić information content (AvgIpc) is 2.90. The van der Waals surface area contributed by atoms with Crippen molar-refractivity contribution in [3.05, 3.63) is 11.7 Å². The fourth-order valence-corrected chi connectivity index (χ4v) is 3.52. The summed E-state index contributed by atoms with van der Waals surface area (Å²) in [6, 6.07) is 0. The van der Waals surface area contributed by atoms with E-state index in [4.69, 9.17) is 4.52 Å². The molecule has 0 amide bonds. The number of rotatable bonds is 2. The van der Waals surface area contributed by atoms with Crippen LogP contribution in [0, 0.1) is 11.8 Å². The molecule has 3 rings (SSSR count). The van der Waals surface area contributed by atoms with Crippen molar-refractivity contribution < 1.29 is 9.63 Å². The standard InChI is InChI=1S/C14H22N2O2/c1-13(2,3)12-15-11(18-16-12)8-14(17)7-9-4-5-10(14)6-9/h9-10,17H,4-8H2,1-3H3/t9-,10-,14-/m0/s1. The van der Waals surface area contributed by atoms with Gasteiger partial charge in [0.05, 0.1) is 12.0 Å². The van der Waals surface area contributed by atoms with E-state index in [0.29, 0.717) is 24.1 Å². The summed E-state index contributed by atoms with van der Waals surface area (Å²) in [4.78, 5) is 4.44. The van der Waals surface area contributed by atoms with Crippen molar-refractivity contribution in [1.29, 1.82) is 0 Å². The number of aromatic nitrogens is 2. The van der Waals surface area contributed by atoms with E-state index in [1.165, 1.54) is 12.8 Å². The van der Waals surface area contributed by atoms with Crippen molar-refractivity contribution in [2.75, 3.05) is 0 Å². The van der Waals surface area contributed by atoms with Crippen LogP contribution < -0.4 is 0 Å². The molecule has 1 aromatic rings. The van der Waals surface area contributed by atoms with E-state index in [1.54, 1.807) is 0 Å². The minimum Gasteiger partial charge on any atom is -0.389 e. The SMILES string of the molecule is CC(C)(C)c1noc(C[C@@]2(O)C[C@H]3CC[C@H]2C3)n1. The zero-order valence-corrected chi connectivity index (χ0v) is 11.4.